The number of nitrogens with one attached hydrogen (secondary N) is 1. The van der Waals surface area contributed by atoms with Crippen LogP contribution in [0.1, 0.15) is 19.4 Å². The first-order chi connectivity index (χ1) is 9.75. The number of hydrogen-bond acceptors (Lipinski definition) is 5. The highest BCUT2D eigenvalue weighted by Gasteiger charge is 2.14. The van der Waals surface area contributed by atoms with E-state index in [0.717, 1.165) is 6.07 Å². The minimum absolute atomic E-state index is 0.0107. The van der Waals surface area contributed by atoms with Gasteiger partial charge in [-0.1, -0.05) is 5.16 Å². The molecule has 0 aromatic heterocycles. The third-order valence-corrected chi connectivity index (χ3v) is 3.68. The van der Waals surface area contributed by atoms with Crippen molar-refractivity contribution in [2.75, 3.05) is 17.1 Å². The molecule has 118 valence electrons. The van der Waals surface area contributed by atoms with Crippen LogP contribution in [-0.4, -0.2) is 37.9 Å². The zero-order valence-electron chi connectivity index (χ0n) is 11.7. The molecule has 7 nitrogen and oxygen atoms in total. The Kier molecular flexibility index (Phi) is 5.91. The van der Waals surface area contributed by atoms with E-state index in [1.54, 1.807) is 13.8 Å². The highest BCUT2D eigenvalue weighted by Crippen LogP contribution is 2.17. The lowest BCUT2D eigenvalue weighted by Crippen LogP contribution is -2.22. The molecule has 1 aromatic carbocycles. The zero-order valence-corrected chi connectivity index (χ0v) is 12.5. The number of nitrogens with two attached hydrogens (primary N) is 1. The van der Waals surface area contributed by atoms with Crippen LogP contribution in [0.3, 0.4) is 0 Å². The van der Waals surface area contributed by atoms with Gasteiger partial charge in [0.05, 0.1) is 24.2 Å². The summed E-state index contributed by atoms with van der Waals surface area (Å²) in [6.45, 7) is 3.58. The first kappa shape index (κ1) is 17.2. The standard InChI is InChI=1S/C12H18FN3O4S/c1-8(2)20-5-6-21(18,19)16-11-4-3-9(7-10(11)13)12(14)15-17/h3-4,7-8,16-17H,5-6H2,1-2H3,(H2,14,15). The van der Waals surface area contributed by atoms with Gasteiger partial charge in [0.1, 0.15) is 5.82 Å². The van der Waals surface area contributed by atoms with Gasteiger partial charge in [-0.05, 0) is 32.0 Å². The predicted octanol–water partition coefficient (Wildman–Crippen LogP) is 1.09. The lowest BCUT2D eigenvalue weighted by Gasteiger charge is -2.11. The van der Waals surface area contributed by atoms with E-state index in [0.29, 0.717) is 0 Å². The number of halogens is 1. The van der Waals surface area contributed by atoms with Crippen molar-refractivity contribution in [3.05, 3.63) is 29.6 Å². The normalized spacial score (nSPS) is 12.7. The second-order valence-corrected chi connectivity index (χ2v) is 6.36. The molecule has 0 heterocycles. The fraction of sp³-hybridized carbons (Fsp3) is 0.417. The molecule has 1 rings (SSSR count). The molecular weight excluding hydrogens is 301 g/mol. The third kappa shape index (κ3) is 5.56. The average Bonchev–Trinajstić information content (AvgIpc) is 2.39. The molecule has 0 unspecified atom stereocenters. The van der Waals surface area contributed by atoms with E-state index in [2.05, 4.69) is 9.88 Å². The topological polar surface area (TPSA) is 114 Å². The second kappa shape index (κ2) is 7.23. The van der Waals surface area contributed by atoms with Gasteiger partial charge < -0.3 is 15.7 Å². The number of nitrogens with zero attached hydrogens (tertiary/aromatic N) is 1. The van der Waals surface area contributed by atoms with E-state index >= 15 is 0 Å². The molecule has 0 aliphatic rings. The Bertz CT molecular complexity index is 617. The van der Waals surface area contributed by atoms with Gasteiger partial charge in [0, 0.05) is 5.56 Å². The van der Waals surface area contributed by atoms with E-state index in [9.17, 15) is 12.8 Å². The number of amidine groups is 1. The molecule has 0 aliphatic heterocycles. The largest absolute Gasteiger partial charge is 0.409 e. The van der Waals surface area contributed by atoms with Crippen LogP contribution in [0.5, 0.6) is 0 Å². The number of rotatable bonds is 7. The van der Waals surface area contributed by atoms with Gasteiger partial charge in [-0.15, -0.1) is 0 Å². The maximum Gasteiger partial charge on any atom is 0.235 e. The lowest BCUT2D eigenvalue weighted by molar-refractivity contribution is 0.0913. The van der Waals surface area contributed by atoms with Gasteiger partial charge in [-0.25, -0.2) is 12.8 Å². The van der Waals surface area contributed by atoms with Crippen molar-refractivity contribution < 1.29 is 22.8 Å². The Balaban J connectivity index is 2.79. The zero-order chi connectivity index (χ0) is 16.0. The molecule has 0 spiro atoms. The molecule has 0 aliphatic carbocycles. The molecule has 0 fully saturated rings. The van der Waals surface area contributed by atoms with E-state index in [4.69, 9.17) is 15.7 Å². The number of sulfonamides is 1. The minimum Gasteiger partial charge on any atom is -0.409 e. The van der Waals surface area contributed by atoms with Crippen molar-refractivity contribution >= 4 is 21.5 Å². The minimum atomic E-state index is -3.72. The van der Waals surface area contributed by atoms with Gasteiger partial charge in [0.2, 0.25) is 10.0 Å². The Morgan fingerprint density at radius 2 is 2.19 bits per heavy atom. The summed E-state index contributed by atoms with van der Waals surface area (Å²) in [5.74, 6) is -1.38. The smallest absolute Gasteiger partial charge is 0.235 e. The summed E-state index contributed by atoms with van der Waals surface area (Å²) in [6, 6.07) is 3.50. The van der Waals surface area contributed by atoms with Crippen LogP contribution in [0.15, 0.2) is 23.4 Å². The highest BCUT2D eigenvalue weighted by molar-refractivity contribution is 7.92. The van der Waals surface area contributed by atoms with Crippen LogP contribution in [-0.2, 0) is 14.8 Å². The SMILES string of the molecule is CC(C)OCCS(=O)(=O)Nc1ccc(/C(N)=N/O)cc1F. The quantitative estimate of drug-likeness (QED) is 0.301. The molecule has 1 aromatic rings. The summed E-state index contributed by atoms with van der Waals surface area (Å²) < 4.78 is 44.6. The van der Waals surface area contributed by atoms with Crippen molar-refractivity contribution in [2.45, 2.75) is 20.0 Å². The van der Waals surface area contributed by atoms with Crippen LogP contribution >= 0.6 is 0 Å². The summed E-state index contributed by atoms with van der Waals surface area (Å²) in [5.41, 5.74) is 5.24. The Morgan fingerprint density at radius 1 is 1.52 bits per heavy atom. The van der Waals surface area contributed by atoms with Crippen molar-refractivity contribution in [3.8, 4) is 0 Å². The van der Waals surface area contributed by atoms with E-state index in [1.807, 2.05) is 0 Å². The van der Waals surface area contributed by atoms with Gasteiger partial charge in [-0.3, -0.25) is 4.72 Å². The summed E-state index contributed by atoms with van der Waals surface area (Å²) in [5, 5.41) is 11.2. The Labute approximate surface area is 122 Å². The van der Waals surface area contributed by atoms with Crippen molar-refractivity contribution in [1.82, 2.24) is 0 Å². The van der Waals surface area contributed by atoms with E-state index < -0.39 is 15.8 Å². The van der Waals surface area contributed by atoms with Gasteiger partial charge >= 0.3 is 0 Å². The molecule has 4 N–H and O–H groups in total. The highest BCUT2D eigenvalue weighted by atomic mass is 32.2. The summed E-state index contributed by atoms with van der Waals surface area (Å²) >= 11 is 0. The van der Waals surface area contributed by atoms with Crippen LogP contribution < -0.4 is 10.5 Å². The van der Waals surface area contributed by atoms with Gasteiger partial charge in [0.15, 0.2) is 5.84 Å². The Morgan fingerprint density at radius 3 is 2.71 bits per heavy atom. The number of benzene rings is 1. The van der Waals surface area contributed by atoms with Gasteiger partial charge in [-0.2, -0.15) is 0 Å². The molecule has 9 heteroatoms. The monoisotopic (exact) mass is 319 g/mol. The molecule has 0 atom stereocenters. The van der Waals surface area contributed by atoms with Crippen LogP contribution in [0.4, 0.5) is 10.1 Å². The lowest BCUT2D eigenvalue weighted by atomic mass is 10.2. The average molecular weight is 319 g/mol. The maximum atomic E-state index is 13.8. The van der Waals surface area contributed by atoms with Crippen molar-refractivity contribution in [2.24, 2.45) is 10.9 Å². The van der Waals surface area contributed by atoms with Crippen LogP contribution in [0.2, 0.25) is 0 Å². The fourth-order valence-electron chi connectivity index (χ4n) is 1.43. The van der Waals surface area contributed by atoms with Gasteiger partial charge in [0.25, 0.3) is 0 Å². The van der Waals surface area contributed by atoms with Crippen molar-refractivity contribution in [3.63, 3.8) is 0 Å². The first-order valence-electron chi connectivity index (χ1n) is 6.14. The number of anilines is 1. The van der Waals surface area contributed by atoms with E-state index in [1.165, 1.54) is 12.1 Å². The van der Waals surface area contributed by atoms with Crippen molar-refractivity contribution in [1.29, 1.82) is 0 Å². The Hall–Kier alpha value is -1.87. The molecule has 21 heavy (non-hydrogen) atoms. The molecular formula is C12H18FN3O4S. The number of hydrogen-bond donors (Lipinski definition) is 3. The molecule has 0 saturated carbocycles. The first-order valence-corrected chi connectivity index (χ1v) is 7.80. The molecule has 0 amide bonds. The van der Waals surface area contributed by atoms with Crippen LogP contribution in [0, 0.1) is 5.82 Å². The summed E-state index contributed by atoms with van der Waals surface area (Å²) in [6.07, 6.45) is -0.0861. The van der Waals surface area contributed by atoms with E-state index in [-0.39, 0.29) is 35.6 Å². The van der Waals surface area contributed by atoms with Crippen LogP contribution in [0.25, 0.3) is 0 Å². The molecule has 0 bridgehead atoms. The third-order valence-electron chi connectivity index (χ3n) is 2.44. The summed E-state index contributed by atoms with van der Waals surface area (Å²) in [7, 11) is -3.72. The second-order valence-electron chi connectivity index (χ2n) is 4.52. The fourth-order valence-corrected chi connectivity index (χ4v) is 2.35. The number of ether oxygens (including phenoxy) is 1. The number of oxime groups is 1. The predicted molar refractivity (Wildman–Crippen MR) is 77.4 cm³/mol. The summed E-state index contributed by atoms with van der Waals surface area (Å²) in [4.78, 5) is 0. The molecule has 0 radical (unpaired) electrons. The molecule has 0 saturated heterocycles. The maximum absolute atomic E-state index is 13.8.